The molecule has 0 aromatic heterocycles. The number of anilines is 3. The second-order valence-corrected chi connectivity index (χ2v) is 6.94. The molecule has 2 aromatic carbocycles. The number of hydrogen-bond acceptors (Lipinski definition) is 4. The number of nitrogens with one attached hydrogen (secondary N) is 2. The Morgan fingerprint density at radius 1 is 1.00 bits per heavy atom. The molecule has 0 fully saturated rings. The summed E-state index contributed by atoms with van der Waals surface area (Å²) in [4.78, 5) is 26.6. The zero-order valence-electron chi connectivity index (χ0n) is 16.0. The SMILES string of the molecule is COc1ccc(NC(=O)Nc2cc3c4c(c2)CCC(=O)N4CCC3)c(OC)c1. The van der Waals surface area contributed by atoms with Gasteiger partial charge >= 0.3 is 6.03 Å². The highest BCUT2D eigenvalue weighted by atomic mass is 16.5. The molecule has 2 aliphatic heterocycles. The molecule has 0 radical (unpaired) electrons. The average molecular weight is 381 g/mol. The van der Waals surface area contributed by atoms with E-state index in [1.54, 1.807) is 32.4 Å². The molecule has 0 saturated heterocycles. The molecular weight excluding hydrogens is 358 g/mol. The monoisotopic (exact) mass is 381 g/mol. The van der Waals surface area contributed by atoms with Crippen molar-refractivity contribution in [1.82, 2.24) is 0 Å². The van der Waals surface area contributed by atoms with Crippen LogP contribution in [0.2, 0.25) is 0 Å². The van der Waals surface area contributed by atoms with Crippen molar-refractivity contribution < 1.29 is 19.1 Å². The molecule has 7 heteroatoms. The number of rotatable bonds is 4. The first-order chi connectivity index (χ1) is 13.6. The molecule has 2 N–H and O–H groups in total. The lowest BCUT2D eigenvalue weighted by molar-refractivity contribution is -0.119. The lowest BCUT2D eigenvalue weighted by Crippen LogP contribution is -2.39. The Hall–Kier alpha value is -3.22. The molecule has 28 heavy (non-hydrogen) atoms. The van der Waals surface area contributed by atoms with Crippen LogP contribution in [-0.2, 0) is 17.6 Å². The first kappa shape index (κ1) is 18.2. The smallest absolute Gasteiger partial charge is 0.323 e. The third-order valence-corrected chi connectivity index (χ3v) is 5.19. The van der Waals surface area contributed by atoms with Crippen LogP contribution in [0.4, 0.5) is 21.9 Å². The van der Waals surface area contributed by atoms with Gasteiger partial charge in [0, 0.05) is 24.7 Å². The highest BCUT2D eigenvalue weighted by Crippen LogP contribution is 2.38. The summed E-state index contributed by atoms with van der Waals surface area (Å²) in [5, 5.41) is 5.72. The normalized spacial score (nSPS) is 14.9. The highest BCUT2D eigenvalue weighted by Gasteiger charge is 2.29. The Kier molecular flexibility index (Phi) is 4.81. The van der Waals surface area contributed by atoms with E-state index in [0.29, 0.717) is 30.0 Å². The molecule has 0 aliphatic carbocycles. The Balaban J connectivity index is 1.54. The van der Waals surface area contributed by atoms with Gasteiger partial charge in [-0.25, -0.2) is 4.79 Å². The number of amides is 3. The number of nitrogens with zero attached hydrogens (tertiary/aromatic N) is 1. The van der Waals surface area contributed by atoms with Crippen molar-refractivity contribution in [2.75, 3.05) is 36.3 Å². The largest absolute Gasteiger partial charge is 0.497 e. The number of methoxy groups -OCH3 is 2. The van der Waals surface area contributed by atoms with Gasteiger partial charge in [-0.1, -0.05) is 0 Å². The van der Waals surface area contributed by atoms with E-state index in [9.17, 15) is 9.59 Å². The van der Waals surface area contributed by atoms with Crippen LogP contribution in [0.25, 0.3) is 0 Å². The molecule has 0 saturated carbocycles. The molecule has 146 valence electrons. The number of benzene rings is 2. The van der Waals surface area contributed by atoms with Crippen molar-refractivity contribution in [1.29, 1.82) is 0 Å². The zero-order chi connectivity index (χ0) is 19.7. The van der Waals surface area contributed by atoms with Crippen molar-refractivity contribution in [3.05, 3.63) is 41.5 Å². The minimum Gasteiger partial charge on any atom is -0.497 e. The summed E-state index contributed by atoms with van der Waals surface area (Å²) in [6.07, 6.45) is 3.08. The van der Waals surface area contributed by atoms with Gasteiger partial charge in [-0.15, -0.1) is 0 Å². The number of aryl methyl sites for hydroxylation is 2. The topological polar surface area (TPSA) is 79.9 Å². The van der Waals surface area contributed by atoms with Crippen LogP contribution in [0.3, 0.4) is 0 Å². The zero-order valence-corrected chi connectivity index (χ0v) is 16.0. The second-order valence-electron chi connectivity index (χ2n) is 6.94. The van der Waals surface area contributed by atoms with Crippen molar-refractivity contribution in [3.8, 4) is 11.5 Å². The number of urea groups is 1. The predicted octanol–water partition coefficient (Wildman–Crippen LogP) is 3.57. The van der Waals surface area contributed by atoms with Crippen molar-refractivity contribution in [2.45, 2.75) is 25.7 Å². The van der Waals surface area contributed by atoms with Gasteiger partial charge in [0.1, 0.15) is 11.5 Å². The van der Waals surface area contributed by atoms with Crippen LogP contribution in [0.15, 0.2) is 30.3 Å². The summed E-state index contributed by atoms with van der Waals surface area (Å²) >= 11 is 0. The molecule has 2 heterocycles. The maximum atomic E-state index is 12.5. The minimum atomic E-state index is -0.352. The van der Waals surface area contributed by atoms with Crippen molar-refractivity contribution in [3.63, 3.8) is 0 Å². The lowest BCUT2D eigenvalue weighted by Gasteiger charge is -2.35. The predicted molar refractivity (Wildman–Crippen MR) is 108 cm³/mol. The van der Waals surface area contributed by atoms with Gasteiger partial charge in [-0.2, -0.15) is 0 Å². The van der Waals surface area contributed by atoms with Crippen LogP contribution in [0.5, 0.6) is 11.5 Å². The maximum absolute atomic E-state index is 12.5. The number of hydrogen-bond donors (Lipinski definition) is 2. The molecule has 0 unspecified atom stereocenters. The molecule has 0 bridgehead atoms. The molecule has 0 atom stereocenters. The van der Waals surface area contributed by atoms with Gasteiger partial charge in [-0.05, 0) is 54.7 Å². The third kappa shape index (κ3) is 3.35. The van der Waals surface area contributed by atoms with Gasteiger partial charge in [0.2, 0.25) is 5.91 Å². The number of ether oxygens (including phenoxy) is 2. The first-order valence-electron chi connectivity index (χ1n) is 9.35. The van der Waals surface area contributed by atoms with Gasteiger partial charge < -0.3 is 25.0 Å². The van der Waals surface area contributed by atoms with E-state index in [4.69, 9.17) is 9.47 Å². The van der Waals surface area contributed by atoms with Crippen LogP contribution in [0.1, 0.15) is 24.0 Å². The van der Waals surface area contributed by atoms with Gasteiger partial charge in [0.15, 0.2) is 0 Å². The van der Waals surface area contributed by atoms with E-state index in [1.165, 1.54) is 0 Å². The third-order valence-electron chi connectivity index (χ3n) is 5.19. The fourth-order valence-electron chi connectivity index (χ4n) is 3.91. The Morgan fingerprint density at radius 2 is 1.79 bits per heavy atom. The number of carbonyl (C=O) groups excluding carboxylic acids is 2. The summed E-state index contributed by atoms with van der Waals surface area (Å²) < 4.78 is 10.5. The van der Waals surface area contributed by atoms with Gasteiger partial charge in [0.05, 0.1) is 25.6 Å². The summed E-state index contributed by atoms with van der Waals surface area (Å²) in [6.45, 7) is 0.781. The minimum absolute atomic E-state index is 0.193. The Morgan fingerprint density at radius 3 is 2.54 bits per heavy atom. The van der Waals surface area contributed by atoms with E-state index < -0.39 is 0 Å². The average Bonchev–Trinajstić information content (AvgIpc) is 2.70. The summed E-state index contributed by atoms with van der Waals surface area (Å²) in [7, 11) is 3.12. The molecule has 0 spiro atoms. The van der Waals surface area contributed by atoms with E-state index >= 15 is 0 Å². The fourth-order valence-corrected chi connectivity index (χ4v) is 3.91. The van der Waals surface area contributed by atoms with Crippen LogP contribution < -0.4 is 25.0 Å². The van der Waals surface area contributed by atoms with Crippen molar-refractivity contribution >= 4 is 29.0 Å². The molecule has 4 rings (SSSR count). The fraction of sp³-hybridized carbons (Fsp3) is 0.333. The Labute approximate surface area is 163 Å². The van der Waals surface area contributed by atoms with Crippen LogP contribution >= 0.6 is 0 Å². The summed E-state index contributed by atoms with van der Waals surface area (Å²) in [6, 6.07) is 8.78. The highest BCUT2D eigenvalue weighted by molar-refractivity contribution is 6.02. The van der Waals surface area contributed by atoms with E-state index in [1.807, 2.05) is 17.0 Å². The standard InChI is InChI=1S/C21H23N3O4/c1-27-16-6-7-17(18(12-16)28-2)23-21(26)22-15-10-13-4-3-9-24-19(25)8-5-14(11-15)20(13)24/h6-7,10-12H,3-5,8-9H2,1-2H3,(H2,22,23,26). The van der Waals surface area contributed by atoms with Gasteiger partial charge in [-0.3, -0.25) is 4.79 Å². The summed E-state index contributed by atoms with van der Waals surface area (Å²) in [5.74, 6) is 1.36. The molecule has 2 aliphatic rings. The first-order valence-corrected chi connectivity index (χ1v) is 9.35. The van der Waals surface area contributed by atoms with E-state index in [-0.39, 0.29) is 11.9 Å². The molecular formula is C21H23N3O4. The molecule has 3 amide bonds. The van der Waals surface area contributed by atoms with E-state index in [0.717, 1.165) is 41.9 Å². The van der Waals surface area contributed by atoms with E-state index in [2.05, 4.69) is 10.6 Å². The maximum Gasteiger partial charge on any atom is 0.323 e. The number of carbonyl (C=O) groups is 2. The lowest BCUT2D eigenvalue weighted by atomic mass is 9.91. The van der Waals surface area contributed by atoms with Crippen molar-refractivity contribution in [2.24, 2.45) is 0 Å². The molecule has 2 aromatic rings. The second kappa shape index (κ2) is 7.42. The molecule has 7 nitrogen and oxygen atoms in total. The quantitative estimate of drug-likeness (QED) is 0.848. The van der Waals surface area contributed by atoms with Crippen LogP contribution in [-0.4, -0.2) is 32.7 Å². The van der Waals surface area contributed by atoms with Gasteiger partial charge in [0.25, 0.3) is 0 Å². The van der Waals surface area contributed by atoms with Crippen LogP contribution in [0, 0.1) is 0 Å². The Bertz CT molecular complexity index is 924. The summed E-state index contributed by atoms with van der Waals surface area (Å²) in [5.41, 5.74) is 4.57.